The highest BCUT2D eigenvalue weighted by Gasteiger charge is 2.30. The van der Waals surface area contributed by atoms with Crippen LogP contribution in [0.25, 0.3) is 0 Å². The standard InChI is InChI=1S/C30H36N2O2/c1-22(2)20-31-30(34)28(18-25-13-6-5-7-14-25)32(21-26-15-10-11-23(3)17-26)29(33)19-27-16-9-8-12-24(27)4/h5-17,22,28H,18-21H2,1-4H3,(H,31,34)/t28-/m1/s1. The second-order valence-electron chi connectivity index (χ2n) is 9.46. The monoisotopic (exact) mass is 456 g/mol. The van der Waals surface area contributed by atoms with Crippen LogP contribution in [0.4, 0.5) is 0 Å². The number of carbonyl (C=O) groups excluding carboxylic acids is 2. The summed E-state index contributed by atoms with van der Waals surface area (Å²) in [5, 5.41) is 3.08. The summed E-state index contributed by atoms with van der Waals surface area (Å²) in [6, 6.07) is 25.4. The van der Waals surface area contributed by atoms with Crippen LogP contribution in [-0.2, 0) is 29.0 Å². The van der Waals surface area contributed by atoms with Crippen molar-refractivity contribution in [2.24, 2.45) is 5.92 Å². The largest absolute Gasteiger partial charge is 0.354 e. The average molecular weight is 457 g/mol. The molecular formula is C30H36N2O2. The molecule has 0 fully saturated rings. The highest BCUT2D eigenvalue weighted by Crippen LogP contribution is 2.18. The van der Waals surface area contributed by atoms with Crippen LogP contribution in [0.2, 0.25) is 0 Å². The molecule has 4 nitrogen and oxygen atoms in total. The van der Waals surface area contributed by atoms with Gasteiger partial charge in [0, 0.05) is 19.5 Å². The number of nitrogens with one attached hydrogen (secondary N) is 1. The van der Waals surface area contributed by atoms with Gasteiger partial charge in [0.1, 0.15) is 6.04 Å². The molecular weight excluding hydrogens is 420 g/mol. The molecule has 1 atom stereocenters. The van der Waals surface area contributed by atoms with Gasteiger partial charge in [-0.15, -0.1) is 0 Å². The quantitative estimate of drug-likeness (QED) is 0.452. The highest BCUT2D eigenvalue weighted by molar-refractivity contribution is 5.89. The molecule has 3 aromatic rings. The lowest BCUT2D eigenvalue weighted by Gasteiger charge is -2.32. The van der Waals surface area contributed by atoms with Crippen molar-refractivity contribution in [3.05, 3.63) is 107 Å². The third kappa shape index (κ3) is 7.31. The predicted octanol–water partition coefficient (Wildman–Crippen LogP) is 5.26. The fourth-order valence-corrected chi connectivity index (χ4v) is 4.06. The van der Waals surface area contributed by atoms with Crippen molar-refractivity contribution in [1.82, 2.24) is 10.2 Å². The van der Waals surface area contributed by atoms with E-state index in [1.54, 1.807) is 4.90 Å². The zero-order chi connectivity index (χ0) is 24.5. The lowest BCUT2D eigenvalue weighted by Crippen LogP contribution is -2.51. The predicted molar refractivity (Wildman–Crippen MR) is 138 cm³/mol. The van der Waals surface area contributed by atoms with Crippen LogP contribution < -0.4 is 5.32 Å². The lowest BCUT2D eigenvalue weighted by molar-refractivity contribution is -0.140. The van der Waals surface area contributed by atoms with Gasteiger partial charge in [-0.3, -0.25) is 9.59 Å². The molecule has 1 N–H and O–H groups in total. The van der Waals surface area contributed by atoms with Crippen LogP contribution in [0.3, 0.4) is 0 Å². The van der Waals surface area contributed by atoms with Gasteiger partial charge >= 0.3 is 0 Å². The number of nitrogens with zero attached hydrogens (tertiary/aromatic N) is 1. The normalized spacial score (nSPS) is 11.8. The summed E-state index contributed by atoms with van der Waals surface area (Å²) < 4.78 is 0. The summed E-state index contributed by atoms with van der Waals surface area (Å²) in [4.78, 5) is 29.0. The Hall–Kier alpha value is -3.40. The van der Waals surface area contributed by atoms with Crippen molar-refractivity contribution >= 4 is 11.8 Å². The van der Waals surface area contributed by atoms with E-state index in [2.05, 4.69) is 25.2 Å². The molecule has 0 saturated heterocycles. The lowest BCUT2D eigenvalue weighted by atomic mass is 10.00. The number of rotatable bonds is 10. The smallest absolute Gasteiger partial charge is 0.243 e. The molecule has 0 bridgehead atoms. The Labute approximate surface area is 204 Å². The topological polar surface area (TPSA) is 49.4 Å². The van der Waals surface area contributed by atoms with Gasteiger partial charge in [0.2, 0.25) is 11.8 Å². The molecule has 0 saturated carbocycles. The van der Waals surface area contributed by atoms with Crippen molar-refractivity contribution in [2.75, 3.05) is 6.54 Å². The SMILES string of the molecule is Cc1cccc(CN(C(=O)Cc2ccccc2C)[C@H](Cc2ccccc2)C(=O)NCC(C)C)c1. The maximum absolute atomic E-state index is 13.8. The third-order valence-corrected chi connectivity index (χ3v) is 5.99. The maximum Gasteiger partial charge on any atom is 0.243 e. The van der Waals surface area contributed by atoms with Gasteiger partial charge < -0.3 is 10.2 Å². The van der Waals surface area contributed by atoms with Crippen molar-refractivity contribution in [3.8, 4) is 0 Å². The first-order valence-corrected chi connectivity index (χ1v) is 12.0. The molecule has 34 heavy (non-hydrogen) atoms. The maximum atomic E-state index is 13.8. The molecule has 2 amide bonds. The molecule has 0 aliphatic heterocycles. The van der Waals surface area contributed by atoms with Gasteiger partial charge in [0.25, 0.3) is 0 Å². The van der Waals surface area contributed by atoms with Crippen molar-refractivity contribution in [1.29, 1.82) is 0 Å². The molecule has 178 valence electrons. The first kappa shape index (κ1) is 25.2. The van der Waals surface area contributed by atoms with Crippen LogP contribution in [0.5, 0.6) is 0 Å². The van der Waals surface area contributed by atoms with Crippen molar-refractivity contribution in [3.63, 3.8) is 0 Å². The van der Waals surface area contributed by atoms with Gasteiger partial charge in [-0.1, -0.05) is 98.3 Å². The van der Waals surface area contributed by atoms with Crippen LogP contribution in [0.15, 0.2) is 78.9 Å². The van der Waals surface area contributed by atoms with Crippen molar-refractivity contribution < 1.29 is 9.59 Å². The summed E-state index contributed by atoms with van der Waals surface area (Å²) in [6.07, 6.45) is 0.733. The van der Waals surface area contributed by atoms with E-state index in [9.17, 15) is 9.59 Å². The fourth-order valence-electron chi connectivity index (χ4n) is 4.06. The van der Waals surface area contributed by atoms with Gasteiger partial charge in [-0.25, -0.2) is 0 Å². The summed E-state index contributed by atoms with van der Waals surface area (Å²) >= 11 is 0. The Morgan fingerprint density at radius 2 is 1.53 bits per heavy atom. The second-order valence-corrected chi connectivity index (χ2v) is 9.46. The van der Waals surface area contributed by atoms with E-state index in [0.29, 0.717) is 25.4 Å². The summed E-state index contributed by atoms with van der Waals surface area (Å²) in [5.41, 5.74) is 5.25. The van der Waals surface area contributed by atoms with E-state index in [1.165, 1.54) is 0 Å². The van der Waals surface area contributed by atoms with Crippen LogP contribution in [-0.4, -0.2) is 29.3 Å². The molecule has 0 unspecified atom stereocenters. The summed E-state index contributed by atoms with van der Waals surface area (Å²) in [5.74, 6) is 0.175. The van der Waals surface area contributed by atoms with E-state index < -0.39 is 6.04 Å². The summed E-state index contributed by atoms with van der Waals surface area (Å²) in [6.45, 7) is 9.16. The van der Waals surface area contributed by atoms with E-state index in [4.69, 9.17) is 0 Å². The van der Waals surface area contributed by atoms with E-state index in [0.717, 1.165) is 27.8 Å². The minimum absolute atomic E-state index is 0.0450. The Morgan fingerprint density at radius 1 is 0.853 bits per heavy atom. The van der Waals surface area contributed by atoms with Crippen molar-refractivity contribution in [2.45, 2.75) is 53.1 Å². The Bertz CT molecular complexity index is 1090. The highest BCUT2D eigenvalue weighted by atomic mass is 16.2. The first-order valence-electron chi connectivity index (χ1n) is 12.0. The Kier molecular flexibility index (Phi) is 9.03. The molecule has 4 heteroatoms. The van der Waals surface area contributed by atoms with Crippen LogP contribution in [0.1, 0.15) is 41.7 Å². The third-order valence-electron chi connectivity index (χ3n) is 5.99. The van der Waals surface area contributed by atoms with Gasteiger partial charge in [-0.05, 0) is 42.0 Å². The zero-order valence-corrected chi connectivity index (χ0v) is 20.8. The molecule has 0 aliphatic rings. The summed E-state index contributed by atoms with van der Waals surface area (Å²) in [7, 11) is 0. The van der Waals surface area contributed by atoms with E-state index in [-0.39, 0.29) is 18.2 Å². The number of aryl methyl sites for hydroxylation is 2. The Balaban J connectivity index is 1.97. The zero-order valence-electron chi connectivity index (χ0n) is 20.8. The molecule has 0 aromatic heterocycles. The van der Waals surface area contributed by atoms with Crippen LogP contribution >= 0.6 is 0 Å². The number of amides is 2. The number of hydrogen-bond acceptors (Lipinski definition) is 2. The van der Waals surface area contributed by atoms with Gasteiger partial charge in [0.15, 0.2) is 0 Å². The van der Waals surface area contributed by atoms with Crippen LogP contribution in [0, 0.1) is 19.8 Å². The first-order chi connectivity index (χ1) is 16.3. The molecule has 0 spiro atoms. The number of benzene rings is 3. The molecule has 0 heterocycles. The fraction of sp³-hybridized carbons (Fsp3) is 0.333. The molecule has 0 radical (unpaired) electrons. The van der Waals surface area contributed by atoms with Gasteiger partial charge in [-0.2, -0.15) is 0 Å². The minimum atomic E-state index is -0.599. The average Bonchev–Trinajstić information content (AvgIpc) is 2.82. The van der Waals surface area contributed by atoms with E-state index in [1.807, 2.05) is 86.6 Å². The number of hydrogen-bond donors (Lipinski definition) is 1. The number of carbonyl (C=O) groups is 2. The van der Waals surface area contributed by atoms with E-state index >= 15 is 0 Å². The molecule has 3 aromatic carbocycles. The minimum Gasteiger partial charge on any atom is -0.354 e. The van der Waals surface area contributed by atoms with Gasteiger partial charge in [0.05, 0.1) is 6.42 Å². The molecule has 3 rings (SSSR count). The second kappa shape index (κ2) is 12.2. The molecule has 0 aliphatic carbocycles. The Morgan fingerprint density at radius 3 is 2.21 bits per heavy atom.